The molecule has 0 saturated carbocycles. The summed E-state index contributed by atoms with van der Waals surface area (Å²) in [6, 6.07) is 12.1. The lowest BCUT2D eigenvalue weighted by atomic mass is 9.97. The minimum atomic E-state index is -3.65. The van der Waals surface area contributed by atoms with Crippen LogP contribution in [0.15, 0.2) is 47.4 Å². The molecule has 0 bridgehead atoms. The number of hydrogen-bond donors (Lipinski definition) is 0. The molecule has 1 amide bonds. The van der Waals surface area contributed by atoms with Gasteiger partial charge in [0.15, 0.2) is 0 Å². The van der Waals surface area contributed by atoms with Gasteiger partial charge >= 0.3 is 0 Å². The topological polar surface area (TPSA) is 60.9 Å². The third kappa shape index (κ3) is 4.52. The molecular formula is C24H30FN3O3S. The maximum absolute atomic E-state index is 14.1. The van der Waals surface area contributed by atoms with E-state index in [4.69, 9.17) is 0 Å². The quantitative estimate of drug-likeness (QED) is 0.705. The molecule has 0 spiro atoms. The fourth-order valence-corrected chi connectivity index (χ4v) is 6.45. The number of para-hydroxylation sites is 1. The molecule has 172 valence electrons. The number of aryl methyl sites for hydroxylation is 2. The Labute approximate surface area is 189 Å². The molecule has 2 heterocycles. The van der Waals surface area contributed by atoms with Gasteiger partial charge in [-0.3, -0.25) is 4.79 Å². The van der Waals surface area contributed by atoms with Crippen LogP contribution in [0.4, 0.5) is 10.1 Å². The number of nitrogens with zero attached hydrogens (tertiary/aromatic N) is 3. The SMILES string of the molecule is Cc1ccc(C)c(S(=O)(=O)N2CCC[C@@H](C(=O)N3CCN(c4ccccc4F)CC3)C2)c1. The largest absolute Gasteiger partial charge is 0.366 e. The average molecular weight is 460 g/mol. The molecule has 0 unspecified atom stereocenters. The molecule has 2 aliphatic rings. The maximum Gasteiger partial charge on any atom is 0.243 e. The summed E-state index contributed by atoms with van der Waals surface area (Å²) in [6.07, 6.45) is 1.35. The second kappa shape index (κ2) is 9.19. The molecule has 0 aliphatic carbocycles. The number of benzene rings is 2. The Morgan fingerprint density at radius 2 is 1.72 bits per heavy atom. The number of hydrogen-bond acceptors (Lipinski definition) is 4. The van der Waals surface area contributed by atoms with Crippen molar-refractivity contribution in [2.24, 2.45) is 5.92 Å². The van der Waals surface area contributed by atoms with Crippen LogP contribution in [0, 0.1) is 25.6 Å². The van der Waals surface area contributed by atoms with Crippen molar-refractivity contribution in [2.45, 2.75) is 31.6 Å². The van der Waals surface area contributed by atoms with E-state index in [0.29, 0.717) is 61.7 Å². The summed E-state index contributed by atoms with van der Waals surface area (Å²) in [5.74, 6) is -0.602. The van der Waals surface area contributed by atoms with E-state index in [1.165, 1.54) is 10.4 Å². The van der Waals surface area contributed by atoms with Crippen molar-refractivity contribution in [3.63, 3.8) is 0 Å². The zero-order valence-corrected chi connectivity index (χ0v) is 19.4. The second-order valence-corrected chi connectivity index (χ2v) is 10.6. The second-order valence-electron chi connectivity index (χ2n) is 8.73. The lowest BCUT2D eigenvalue weighted by Crippen LogP contribution is -2.53. The molecule has 2 saturated heterocycles. The molecule has 0 radical (unpaired) electrons. The molecule has 0 aromatic heterocycles. The molecule has 32 heavy (non-hydrogen) atoms. The van der Waals surface area contributed by atoms with Crippen molar-refractivity contribution in [2.75, 3.05) is 44.2 Å². The van der Waals surface area contributed by atoms with Gasteiger partial charge in [0.2, 0.25) is 15.9 Å². The predicted octanol–water partition coefficient (Wildman–Crippen LogP) is 3.19. The Hall–Kier alpha value is -2.45. The minimum Gasteiger partial charge on any atom is -0.366 e. The predicted molar refractivity (Wildman–Crippen MR) is 123 cm³/mol. The Morgan fingerprint density at radius 3 is 2.44 bits per heavy atom. The normalized spacial score (nSPS) is 20.4. The Bertz CT molecular complexity index is 1100. The van der Waals surface area contributed by atoms with Gasteiger partial charge in [0, 0.05) is 39.3 Å². The summed E-state index contributed by atoms with van der Waals surface area (Å²) in [4.78, 5) is 17.3. The summed E-state index contributed by atoms with van der Waals surface area (Å²) in [5, 5.41) is 0. The van der Waals surface area contributed by atoms with Crippen LogP contribution in [0.1, 0.15) is 24.0 Å². The third-order valence-corrected chi connectivity index (χ3v) is 8.49. The van der Waals surface area contributed by atoms with Crippen molar-refractivity contribution in [3.05, 3.63) is 59.4 Å². The van der Waals surface area contributed by atoms with Gasteiger partial charge in [-0.05, 0) is 56.0 Å². The summed E-state index contributed by atoms with van der Waals surface area (Å²) >= 11 is 0. The van der Waals surface area contributed by atoms with Crippen LogP contribution in [0.5, 0.6) is 0 Å². The molecule has 0 N–H and O–H groups in total. The van der Waals surface area contributed by atoms with E-state index in [2.05, 4.69) is 0 Å². The number of rotatable bonds is 4. The van der Waals surface area contributed by atoms with Gasteiger partial charge in [-0.1, -0.05) is 24.3 Å². The first-order valence-corrected chi connectivity index (χ1v) is 12.6. The van der Waals surface area contributed by atoms with E-state index in [1.807, 2.05) is 30.0 Å². The van der Waals surface area contributed by atoms with Crippen LogP contribution in [-0.4, -0.2) is 62.8 Å². The summed E-state index contributed by atoms with van der Waals surface area (Å²) < 4.78 is 42.1. The van der Waals surface area contributed by atoms with Crippen LogP contribution in [0.25, 0.3) is 0 Å². The zero-order valence-electron chi connectivity index (χ0n) is 18.6. The van der Waals surface area contributed by atoms with E-state index in [0.717, 1.165) is 5.56 Å². The van der Waals surface area contributed by atoms with Crippen LogP contribution in [0.3, 0.4) is 0 Å². The molecule has 2 aromatic carbocycles. The molecule has 2 fully saturated rings. The summed E-state index contributed by atoms with van der Waals surface area (Å²) in [7, 11) is -3.65. The number of amides is 1. The van der Waals surface area contributed by atoms with Crippen LogP contribution >= 0.6 is 0 Å². The van der Waals surface area contributed by atoms with Crippen molar-refractivity contribution < 1.29 is 17.6 Å². The summed E-state index contributed by atoms with van der Waals surface area (Å²) in [5.41, 5.74) is 2.17. The highest BCUT2D eigenvalue weighted by molar-refractivity contribution is 7.89. The van der Waals surface area contributed by atoms with Gasteiger partial charge < -0.3 is 9.80 Å². The maximum atomic E-state index is 14.1. The van der Waals surface area contributed by atoms with Crippen LogP contribution in [-0.2, 0) is 14.8 Å². The average Bonchev–Trinajstić information content (AvgIpc) is 2.80. The molecule has 6 nitrogen and oxygen atoms in total. The van der Waals surface area contributed by atoms with Crippen LogP contribution in [0.2, 0.25) is 0 Å². The smallest absolute Gasteiger partial charge is 0.243 e. The van der Waals surface area contributed by atoms with Gasteiger partial charge in [-0.15, -0.1) is 0 Å². The molecule has 2 aromatic rings. The zero-order chi connectivity index (χ0) is 22.9. The number of carbonyl (C=O) groups is 1. The van der Waals surface area contributed by atoms with E-state index >= 15 is 0 Å². The number of carbonyl (C=O) groups excluding carboxylic acids is 1. The first kappa shape index (κ1) is 22.7. The highest BCUT2D eigenvalue weighted by atomic mass is 32.2. The third-order valence-electron chi connectivity index (χ3n) is 6.48. The monoisotopic (exact) mass is 459 g/mol. The molecule has 8 heteroatoms. The standard InChI is InChI=1S/C24H30FN3O3S/c1-18-9-10-19(2)23(16-18)32(30,31)28-11-5-6-20(17-28)24(29)27-14-12-26(13-15-27)22-8-4-3-7-21(22)25/h3-4,7-10,16,20H,5-6,11-15,17H2,1-2H3/t20-/m1/s1. The van der Waals surface area contributed by atoms with Crippen molar-refractivity contribution in [1.82, 2.24) is 9.21 Å². The number of piperazine rings is 1. The minimum absolute atomic E-state index is 0.000882. The van der Waals surface area contributed by atoms with E-state index in [9.17, 15) is 17.6 Å². The van der Waals surface area contributed by atoms with Gasteiger partial charge in [-0.25, -0.2) is 12.8 Å². The van der Waals surface area contributed by atoms with Crippen molar-refractivity contribution >= 4 is 21.6 Å². The Morgan fingerprint density at radius 1 is 1.00 bits per heavy atom. The van der Waals surface area contributed by atoms with Crippen molar-refractivity contribution in [1.29, 1.82) is 0 Å². The summed E-state index contributed by atoms with van der Waals surface area (Å²) in [6.45, 7) is 6.45. The van der Waals surface area contributed by atoms with E-state index < -0.39 is 10.0 Å². The van der Waals surface area contributed by atoms with E-state index in [1.54, 1.807) is 30.0 Å². The Kier molecular flexibility index (Phi) is 6.53. The van der Waals surface area contributed by atoms with Gasteiger partial charge in [0.1, 0.15) is 5.82 Å². The number of halogens is 1. The lowest BCUT2D eigenvalue weighted by Gasteiger charge is -2.39. The Balaban J connectivity index is 1.42. The molecular weight excluding hydrogens is 429 g/mol. The number of piperidine rings is 1. The fourth-order valence-electron chi connectivity index (χ4n) is 4.62. The number of sulfonamides is 1. The van der Waals surface area contributed by atoms with E-state index in [-0.39, 0.29) is 24.2 Å². The highest BCUT2D eigenvalue weighted by Gasteiger charge is 2.36. The molecule has 1 atom stereocenters. The van der Waals surface area contributed by atoms with Crippen molar-refractivity contribution in [3.8, 4) is 0 Å². The van der Waals surface area contributed by atoms with Gasteiger partial charge in [0.25, 0.3) is 0 Å². The number of anilines is 1. The molecule has 4 rings (SSSR count). The first-order chi connectivity index (χ1) is 15.3. The first-order valence-electron chi connectivity index (χ1n) is 11.1. The van der Waals surface area contributed by atoms with Gasteiger partial charge in [-0.2, -0.15) is 4.31 Å². The fraction of sp³-hybridized carbons (Fsp3) is 0.458. The lowest BCUT2D eigenvalue weighted by molar-refractivity contribution is -0.137. The highest BCUT2D eigenvalue weighted by Crippen LogP contribution is 2.28. The molecule has 2 aliphatic heterocycles. The van der Waals surface area contributed by atoms with Crippen LogP contribution < -0.4 is 4.90 Å². The van der Waals surface area contributed by atoms with Gasteiger partial charge in [0.05, 0.1) is 16.5 Å².